The van der Waals surface area contributed by atoms with Gasteiger partial charge in [0.15, 0.2) is 0 Å². The maximum atomic E-state index is 12.9. The summed E-state index contributed by atoms with van der Waals surface area (Å²) < 4.78 is 38.7. The van der Waals surface area contributed by atoms with Gasteiger partial charge < -0.3 is 5.32 Å². The minimum atomic E-state index is -2.49. The lowest BCUT2D eigenvalue weighted by Crippen LogP contribution is -2.50. The van der Waals surface area contributed by atoms with Gasteiger partial charge in [0.05, 0.1) is 5.54 Å². The SMILES string of the molecule is CCNC(C)(Cc1cccc(F)c1)C(F)F. The average Bonchev–Trinajstić information content (AvgIpc) is 2.17. The van der Waals surface area contributed by atoms with Crippen molar-refractivity contribution in [1.29, 1.82) is 0 Å². The summed E-state index contributed by atoms with van der Waals surface area (Å²) in [4.78, 5) is 0. The molecule has 0 heterocycles. The minimum Gasteiger partial charge on any atom is -0.307 e. The molecule has 90 valence electrons. The van der Waals surface area contributed by atoms with Gasteiger partial charge in [-0.15, -0.1) is 0 Å². The van der Waals surface area contributed by atoms with E-state index < -0.39 is 17.8 Å². The Morgan fingerprint density at radius 3 is 2.56 bits per heavy atom. The van der Waals surface area contributed by atoms with Crippen LogP contribution in [0, 0.1) is 5.82 Å². The first-order valence-corrected chi connectivity index (χ1v) is 5.25. The van der Waals surface area contributed by atoms with Gasteiger partial charge in [0.2, 0.25) is 0 Å². The van der Waals surface area contributed by atoms with E-state index in [0.29, 0.717) is 12.1 Å². The van der Waals surface area contributed by atoms with Crippen LogP contribution in [0.25, 0.3) is 0 Å². The molecule has 0 fully saturated rings. The Balaban J connectivity index is 2.83. The van der Waals surface area contributed by atoms with Gasteiger partial charge in [0.1, 0.15) is 5.82 Å². The van der Waals surface area contributed by atoms with Crippen LogP contribution in [0.1, 0.15) is 19.4 Å². The number of alkyl halides is 2. The quantitative estimate of drug-likeness (QED) is 0.821. The van der Waals surface area contributed by atoms with Gasteiger partial charge in [0.25, 0.3) is 6.43 Å². The third-order valence-electron chi connectivity index (χ3n) is 2.52. The van der Waals surface area contributed by atoms with Gasteiger partial charge in [-0.05, 0) is 37.6 Å². The standard InChI is InChI=1S/C12H16F3N/c1-3-16-12(2,11(14)15)8-9-5-4-6-10(13)7-9/h4-7,11,16H,3,8H2,1-2H3. The molecule has 0 aromatic heterocycles. The first-order valence-electron chi connectivity index (χ1n) is 5.25. The summed E-state index contributed by atoms with van der Waals surface area (Å²) >= 11 is 0. The highest BCUT2D eigenvalue weighted by atomic mass is 19.3. The van der Waals surface area contributed by atoms with Crippen LogP contribution in [0.5, 0.6) is 0 Å². The zero-order valence-corrected chi connectivity index (χ0v) is 9.43. The Morgan fingerprint density at radius 1 is 1.38 bits per heavy atom. The Labute approximate surface area is 93.7 Å². The lowest BCUT2D eigenvalue weighted by atomic mass is 9.93. The fourth-order valence-electron chi connectivity index (χ4n) is 1.69. The van der Waals surface area contributed by atoms with Gasteiger partial charge in [-0.3, -0.25) is 0 Å². The molecular formula is C12H16F3N. The molecule has 0 bridgehead atoms. The van der Waals surface area contributed by atoms with Crippen LogP contribution in [0.3, 0.4) is 0 Å². The second kappa shape index (κ2) is 5.34. The van der Waals surface area contributed by atoms with Crippen molar-refractivity contribution in [1.82, 2.24) is 5.32 Å². The van der Waals surface area contributed by atoms with E-state index in [2.05, 4.69) is 5.32 Å². The summed E-state index contributed by atoms with van der Waals surface area (Å²) in [5.41, 5.74) is -0.730. The molecule has 0 radical (unpaired) electrons. The molecule has 16 heavy (non-hydrogen) atoms. The van der Waals surface area contributed by atoms with Crippen molar-refractivity contribution >= 4 is 0 Å². The summed E-state index contributed by atoms with van der Waals surface area (Å²) in [5, 5.41) is 2.75. The van der Waals surface area contributed by atoms with Crippen LogP contribution >= 0.6 is 0 Å². The Morgan fingerprint density at radius 2 is 2.06 bits per heavy atom. The van der Waals surface area contributed by atoms with Crippen molar-refractivity contribution in [3.63, 3.8) is 0 Å². The zero-order chi connectivity index (χ0) is 12.2. The van der Waals surface area contributed by atoms with Gasteiger partial charge in [-0.1, -0.05) is 19.1 Å². The molecule has 0 aliphatic carbocycles. The van der Waals surface area contributed by atoms with E-state index in [1.165, 1.54) is 25.1 Å². The summed E-state index contributed by atoms with van der Waals surface area (Å²) in [5.74, 6) is -0.398. The highest BCUT2D eigenvalue weighted by Crippen LogP contribution is 2.21. The zero-order valence-electron chi connectivity index (χ0n) is 9.43. The van der Waals surface area contributed by atoms with Crippen molar-refractivity contribution < 1.29 is 13.2 Å². The van der Waals surface area contributed by atoms with Crippen molar-refractivity contribution in [2.75, 3.05) is 6.54 Å². The number of benzene rings is 1. The van der Waals surface area contributed by atoms with Crippen LogP contribution in [0.4, 0.5) is 13.2 Å². The summed E-state index contributed by atoms with van der Waals surface area (Å²) in [6.45, 7) is 3.68. The molecule has 0 aliphatic rings. The first-order chi connectivity index (χ1) is 7.48. The fourth-order valence-corrected chi connectivity index (χ4v) is 1.69. The first kappa shape index (κ1) is 13.0. The lowest BCUT2D eigenvalue weighted by Gasteiger charge is -2.29. The summed E-state index contributed by atoms with van der Waals surface area (Å²) in [6.07, 6.45) is -2.38. The maximum Gasteiger partial charge on any atom is 0.256 e. The van der Waals surface area contributed by atoms with Crippen LogP contribution < -0.4 is 5.32 Å². The van der Waals surface area contributed by atoms with Crippen LogP contribution in [-0.2, 0) is 6.42 Å². The molecule has 1 rings (SSSR count). The van der Waals surface area contributed by atoms with Gasteiger partial charge in [-0.25, -0.2) is 13.2 Å². The molecular weight excluding hydrogens is 215 g/mol. The van der Waals surface area contributed by atoms with E-state index in [0.717, 1.165) is 0 Å². The highest BCUT2D eigenvalue weighted by Gasteiger charge is 2.34. The molecule has 0 saturated heterocycles. The smallest absolute Gasteiger partial charge is 0.256 e. The Kier molecular flexibility index (Phi) is 4.35. The van der Waals surface area contributed by atoms with Gasteiger partial charge in [0, 0.05) is 0 Å². The van der Waals surface area contributed by atoms with E-state index in [1.807, 2.05) is 0 Å². The number of halogens is 3. The number of likely N-dealkylation sites (N-methyl/N-ethyl adjacent to an activating group) is 1. The van der Waals surface area contributed by atoms with Crippen molar-refractivity contribution in [2.45, 2.75) is 32.2 Å². The number of rotatable bonds is 5. The second-order valence-corrected chi connectivity index (χ2v) is 4.06. The molecule has 0 spiro atoms. The van der Waals surface area contributed by atoms with E-state index in [4.69, 9.17) is 0 Å². The van der Waals surface area contributed by atoms with Gasteiger partial charge >= 0.3 is 0 Å². The monoisotopic (exact) mass is 231 g/mol. The van der Waals surface area contributed by atoms with E-state index in [1.54, 1.807) is 13.0 Å². The van der Waals surface area contributed by atoms with Crippen molar-refractivity contribution in [3.05, 3.63) is 35.6 Å². The van der Waals surface area contributed by atoms with E-state index >= 15 is 0 Å². The lowest BCUT2D eigenvalue weighted by molar-refractivity contribution is 0.0414. The minimum absolute atomic E-state index is 0.107. The number of hydrogen-bond acceptors (Lipinski definition) is 1. The second-order valence-electron chi connectivity index (χ2n) is 4.06. The van der Waals surface area contributed by atoms with Gasteiger partial charge in [-0.2, -0.15) is 0 Å². The third kappa shape index (κ3) is 3.23. The molecule has 1 unspecified atom stereocenters. The molecule has 1 N–H and O–H groups in total. The third-order valence-corrected chi connectivity index (χ3v) is 2.52. The molecule has 1 aromatic rings. The fraction of sp³-hybridized carbons (Fsp3) is 0.500. The molecule has 0 saturated carbocycles. The Bertz CT molecular complexity index is 341. The van der Waals surface area contributed by atoms with Crippen molar-refractivity contribution in [3.8, 4) is 0 Å². The molecule has 1 aromatic carbocycles. The molecule has 0 aliphatic heterocycles. The van der Waals surface area contributed by atoms with E-state index in [9.17, 15) is 13.2 Å². The topological polar surface area (TPSA) is 12.0 Å². The Hall–Kier alpha value is -1.03. The highest BCUT2D eigenvalue weighted by molar-refractivity contribution is 5.19. The van der Waals surface area contributed by atoms with Crippen LogP contribution in [0.15, 0.2) is 24.3 Å². The van der Waals surface area contributed by atoms with Crippen LogP contribution in [-0.4, -0.2) is 18.5 Å². The maximum absolute atomic E-state index is 12.9. The normalized spacial score (nSPS) is 15.1. The van der Waals surface area contributed by atoms with Crippen molar-refractivity contribution in [2.24, 2.45) is 0 Å². The molecule has 1 nitrogen and oxygen atoms in total. The van der Waals surface area contributed by atoms with E-state index in [-0.39, 0.29) is 6.42 Å². The molecule has 0 amide bonds. The summed E-state index contributed by atoms with van der Waals surface area (Å²) in [6, 6.07) is 5.78. The molecule has 1 atom stereocenters. The summed E-state index contributed by atoms with van der Waals surface area (Å²) in [7, 11) is 0. The molecule has 4 heteroatoms. The largest absolute Gasteiger partial charge is 0.307 e. The number of hydrogen-bond donors (Lipinski definition) is 1. The van der Waals surface area contributed by atoms with Crippen LogP contribution in [0.2, 0.25) is 0 Å². The predicted octanol–water partition coefficient (Wildman–Crippen LogP) is 3.00. The predicted molar refractivity (Wildman–Crippen MR) is 58.2 cm³/mol. The average molecular weight is 231 g/mol. The number of nitrogens with one attached hydrogen (secondary N) is 1.